The molecule has 3 aromatic rings. The molecular weight excluding hydrogens is 330 g/mol. The van der Waals surface area contributed by atoms with Crippen molar-refractivity contribution < 1.29 is 19.4 Å². The van der Waals surface area contributed by atoms with Crippen LogP contribution in [0.25, 0.3) is 11.2 Å². The van der Waals surface area contributed by atoms with E-state index in [1.807, 2.05) is 6.07 Å². The van der Waals surface area contributed by atoms with Gasteiger partial charge < -0.3 is 14.4 Å². The normalized spacial score (nSPS) is 10.6. The number of carbonyl (C=O) groups is 2. The molecule has 3 N–H and O–H groups in total. The maximum absolute atomic E-state index is 12.0. The van der Waals surface area contributed by atoms with Gasteiger partial charge in [0.05, 0.1) is 6.33 Å². The highest BCUT2D eigenvalue weighted by atomic mass is 16.5. The number of nitrogens with zero attached hydrogens (tertiary/aromatic N) is 3. The number of anilines is 1. The average molecular weight is 343 g/mol. The fourth-order valence-electron chi connectivity index (χ4n) is 2.11. The second-order valence-corrected chi connectivity index (χ2v) is 5.00. The second kappa shape index (κ2) is 6.83. The minimum absolute atomic E-state index is 0.0141. The minimum Gasteiger partial charge on any atom is -0.484 e. The van der Waals surface area contributed by atoms with Gasteiger partial charge in [-0.15, -0.1) is 0 Å². The molecule has 0 saturated heterocycles. The number of aliphatic carboxylic acids is 1. The van der Waals surface area contributed by atoms with Gasteiger partial charge in [0.25, 0.3) is 11.5 Å². The van der Waals surface area contributed by atoms with E-state index in [0.29, 0.717) is 5.75 Å². The predicted molar refractivity (Wildman–Crippen MR) is 86.4 cm³/mol. The maximum Gasteiger partial charge on any atom is 0.323 e. The van der Waals surface area contributed by atoms with Crippen molar-refractivity contribution >= 4 is 29.0 Å². The third-order valence-corrected chi connectivity index (χ3v) is 3.15. The minimum atomic E-state index is -1.11. The number of hydrogen-bond acceptors (Lipinski definition) is 6. The number of para-hydroxylation sites is 1. The molecule has 10 nitrogen and oxygen atoms in total. The molecule has 0 aliphatic carbocycles. The number of carboxylic acids is 1. The number of hydrogen-bond donors (Lipinski definition) is 3. The number of amides is 1. The number of aromatic amines is 1. The molecule has 3 rings (SSSR count). The van der Waals surface area contributed by atoms with E-state index < -0.39 is 24.0 Å². The van der Waals surface area contributed by atoms with E-state index >= 15 is 0 Å². The Morgan fingerprint density at radius 1 is 1.28 bits per heavy atom. The Hall–Kier alpha value is -3.69. The summed E-state index contributed by atoms with van der Waals surface area (Å²) in [6.07, 6.45) is 1.20. The number of carboxylic acid groups (broad SMARTS) is 1. The molecule has 25 heavy (non-hydrogen) atoms. The van der Waals surface area contributed by atoms with Crippen LogP contribution < -0.4 is 15.6 Å². The van der Waals surface area contributed by atoms with Crippen LogP contribution >= 0.6 is 0 Å². The van der Waals surface area contributed by atoms with E-state index in [9.17, 15) is 14.4 Å². The van der Waals surface area contributed by atoms with Gasteiger partial charge in [0.15, 0.2) is 17.8 Å². The van der Waals surface area contributed by atoms with Crippen molar-refractivity contribution in [3.8, 4) is 5.75 Å². The third kappa shape index (κ3) is 3.80. The highest BCUT2D eigenvalue weighted by molar-refractivity contribution is 5.90. The van der Waals surface area contributed by atoms with E-state index in [4.69, 9.17) is 9.84 Å². The van der Waals surface area contributed by atoms with Crippen LogP contribution in [-0.2, 0) is 16.1 Å². The van der Waals surface area contributed by atoms with Crippen molar-refractivity contribution in [3.63, 3.8) is 0 Å². The van der Waals surface area contributed by atoms with E-state index in [1.54, 1.807) is 24.3 Å². The number of carbonyl (C=O) groups excluding carboxylic acids is 1. The zero-order valence-electron chi connectivity index (χ0n) is 12.8. The van der Waals surface area contributed by atoms with Crippen molar-refractivity contribution in [1.82, 2.24) is 19.5 Å². The summed E-state index contributed by atoms with van der Waals surface area (Å²) in [6, 6.07) is 8.75. The fraction of sp³-hybridized carbons (Fsp3) is 0.133. The number of ether oxygens (including phenoxy) is 1. The standard InChI is InChI=1S/C15H13N5O5/c21-10(7-25-9-4-2-1-3-5-9)17-15-18-13-12(14(24)19-15)16-8-20(13)6-11(22)23/h1-5,8H,6-7H2,(H,22,23)(H2,17,18,19,21,24). The monoisotopic (exact) mass is 343 g/mol. The van der Waals surface area contributed by atoms with Crippen molar-refractivity contribution in [1.29, 1.82) is 0 Å². The molecule has 2 heterocycles. The topological polar surface area (TPSA) is 139 Å². The summed E-state index contributed by atoms with van der Waals surface area (Å²) in [5, 5.41) is 11.3. The highest BCUT2D eigenvalue weighted by Gasteiger charge is 2.13. The quantitative estimate of drug-likeness (QED) is 0.582. The largest absolute Gasteiger partial charge is 0.484 e. The second-order valence-electron chi connectivity index (χ2n) is 5.00. The first kappa shape index (κ1) is 16.2. The number of H-pyrrole nitrogens is 1. The molecule has 1 amide bonds. The molecule has 0 atom stereocenters. The van der Waals surface area contributed by atoms with Crippen molar-refractivity contribution in [2.45, 2.75) is 6.54 Å². The van der Waals surface area contributed by atoms with Crippen LogP contribution in [0.3, 0.4) is 0 Å². The summed E-state index contributed by atoms with van der Waals surface area (Å²) in [7, 11) is 0. The van der Waals surface area contributed by atoms with Crippen LogP contribution in [0.5, 0.6) is 5.75 Å². The van der Waals surface area contributed by atoms with Gasteiger partial charge in [0, 0.05) is 0 Å². The zero-order chi connectivity index (χ0) is 17.8. The summed E-state index contributed by atoms with van der Waals surface area (Å²) in [5.74, 6) is -1.24. The number of aromatic nitrogens is 4. The lowest BCUT2D eigenvalue weighted by Gasteiger charge is -2.07. The third-order valence-electron chi connectivity index (χ3n) is 3.15. The van der Waals surface area contributed by atoms with E-state index in [1.165, 1.54) is 10.9 Å². The van der Waals surface area contributed by atoms with Crippen LogP contribution in [0.1, 0.15) is 0 Å². The lowest BCUT2D eigenvalue weighted by molar-refractivity contribution is -0.137. The Bertz CT molecular complexity index is 979. The molecule has 0 radical (unpaired) electrons. The number of rotatable bonds is 6. The molecule has 0 fully saturated rings. The Morgan fingerprint density at radius 3 is 2.76 bits per heavy atom. The Kier molecular flexibility index (Phi) is 4.42. The Labute approximate surface area is 140 Å². The van der Waals surface area contributed by atoms with Crippen molar-refractivity contribution in [3.05, 3.63) is 47.0 Å². The van der Waals surface area contributed by atoms with Gasteiger partial charge >= 0.3 is 5.97 Å². The molecule has 0 saturated carbocycles. The molecule has 0 spiro atoms. The van der Waals surface area contributed by atoms with Crippen LogP contribution in [0.15, 0.2) is 41.5 Å². The summed E-state index contributed by atoms with van der Waals surface area (Å²) >= 11 is 0. The number of imidazole rings is 1. The predicted octanol–water partition coefficient (Wildman–Crippen LogP) is 0.222. The lowest BCUT2D eigenvalue weighted by Crippen LogP contribution is -2.24. The first-order valence-corrected chi connectivity index (χ1v) is 7.17. The molecule has 128 valence electrons. The van der Waals surface area contributed by atoms with Crippen LogP contribution in [0.4, 0.5) is 5.95 Å². The molecular formula is C15H13N5O5. The summed E-state index contributed by atoms with van der Waals surface area (Å²) in [6.45, 7) is -0.683. The maximum atomic E-state index is 12.0. The van der Waals surface area contributed by atoms with Crippen LogP contribution in [0, 0.1) is 0 Å². The van der Waals surface area contributed by atoms with Crippen LogP contribution in [0.2, 0.25) is 0 Å². The molecule has 2 aromatic heterocycles. The van der Waals surface area contributed by atoms with Gasteiger partial charge in [-0.3, -0.25) is 24.7 Å². The molecule has 1 aromatic carbocycles. The number of benzene rings is 1. The lowest BCUT2D eigenvalue weighted by atomic mass is 10.3. The van der Waals surface area contributed by atoms with Crippen LogP contribution in [-0.4, -0.2) is 43.1 Å². The number of nitrogens with one attached hydrogen (secondary N) is 2. The van der Waals surface area contributed by atoms with Gasteiger partial charge in [-0.05, 0) is 12.1 Å². The summed E-state index contributed by atoms with van der Waals surface area (Å²) in [4.78, 5) is 44.9. The van der Waals surface area contributed by atoms with Gasteiger partial charge in [0.2, 0.25) is 5.95 Å². The van der Waals surface area contributed by atoms with Crippen molar-refractivity contribution in [2.75, 3.05) is 11.9 Å². The molecule has 0 unspecified atom stereocenters. The summed E-state index contributed by atoms with van der Waals surface area (Å²) in [5.41, 5.74) is -0.543. The Balaban J connectivity index is 1.75. The molecule has 0 bridgehead atoms. The first-order chi connectivity index (χ1) is 12.0. The van der Waals surface area contributed by atoms with E-state index in [-0.39, 0.29) is 23.7 Å². The molecule has 0 aliphatic heterocycles. The smallest absolute Gasteiger partial charge is 0.323 e. The number of fused-ring (bicyclic) bond motifs is 1. The Morgan fingerprint density at radius 2 is 2.04 bits per heavy atom. The van der Waals surface area contributed by atoms with E-state index in [2.05, 4.69) is 20.3 Å². The first-order valence-electron chi connectivity index (χ1n) is 7.17. The van der Waals surface area contributed by atoms with Gasteiger partial charge in [-0.1, -0.05) is 18.2 Å². The van der Waals surface area contributed by atoms with E-state index in [0.717, 1.165) is 0 Å². The van der Waals surface area contributed by atoms with Gasteiger partial charge in [0.1, 0.15) is 12.3 Å². The van der Waals surface area contributed by atoms with Gasteiger partial charge in [-0.25, -0.2) is 4.98 Å². The zero-order valence-corrected chi connectivity index (χ0v) is 12.8. The van der Waals surface area contributed by atoms with Gasteiger partial charge in [-0.2, -0.15) is 4.98 Å². The average Bonchev–Trinajstić information content (AvgIpc) is 2.97. The highest BCUT2D eigenvalue weighted by Crippen LogP contribution is 2.09. The fourth-order valence-corrected chi connectivity index (χ4v) is 2.11. The summed E-state index contributed by atoms with van der Waals surface area (Å²) < 4.78 is 6.49. The molecule has 10 heteroatoms. The SMILES string of the molecule is O=C(O)Cn1cnc2c(=O)[nH]c(NC(=O)COc3ccccc3)nc21. The molecule has 0 aliphatic rings. The van der Waals surface area contributed by atoms with Crippen molar-refractivity contribution in [2.24, 2.45) is 0 Å².